The Bertz CT molecular complexity index is 1580. The summed E-state index contributed by atoms with van der Waals surface area (Å²) < 4.78 is 16.6. The molecular weight excluding hydrogens is 576 g/mol. The molecule has 238 valence electrons. The van der Waals surface area contributed by atoms with E-state index in [-0.39, 0.29) is 26.2 Å². The van der Waals surface area contributed by atoms with Crippen LogP contribution in [0.3, 0.4) is 0 Å². The van der Waals surface area contributed by atoms with Crippen molar-refractivity contribution < 1.29 is 33.4 Å². The molecule has 0 radical (unpaired) electrons. The van der Waals surface area contributed by atoms with E-state index in [9.17, 15) is 19.2 Å². The summed E-state index contributed by atoms with van der Waals surface area (Å²) in [5.41, 5.74) is 6.03. The Morgan fingerprint density at radius 3 is 1.56 bits per heavy atom. The minimum atomic E-state index is -0.876. The molecule has 11 heteroatoms. The third-order valence-corrected chi connectivity index (χ3v) is 7.76. The zero-order chi connectivity index (χ0) is 33.0. The van der Waals surface area contributed by atoms with Crippen molar-refractivity contribution in [2.24, 2.45) is 10.4 Å². The number of nitrogens with one attached hydrogen (secondary N) is 3. The SMILES string of the molecule is CCC(CCOC(=O)Nc1ccc(C)c(C)c1)(COC(=O)Nc1ccc(C)c(C)c1)COC(=O)Nc1ccc(C)c(N=C=O)c1. The summed E-state index contributed by atoms with van der Waals surface area (Å²) in [6, 6.07) is 15.9. The van der Waals surface area contributed by atoms with Gasteiger partial charge < -0.3 is 14.2 Å². The minimum Gasteiger partial charge on any atom is -0.449 e. The van der Waals surface area contributed by atoms with Crippen molar-refractivity contribution in [3.63, 3.8) is 0 Å². The molecule has 3 amide bonds. The number of isocyanates is 1. The summed E-state index contributed by atoms with van der Waals surface area (Å²) in [5.74, 6) is 0. The third kappa shape index (κ3) is 10.5. The van der Waals surface area contributed by atoms with Crippen molar-refractivity contribution in [2.45, 2.75) is 54.4 Å². The lowest BCUT2D eigenvalue weighted by Gasteiger charge is -2.31. The topological polar surface area (TPSA) is 144 Å². The molecule has 0 aliphatic carbocycles. The van der Waals surface area contributed by atoms with Crippen molar-refractivity contribution in [1.29, 1.82) is 0 Å². The molecule has 0 aliphatic rings. The number of aryl methyl sites for hydroxylation is 5. The summed E-state index contributed by atoms with van der Waals surface area (Å²) >= 11 is 0. The van der Waals surface area contributed by atoms with Crippen LogP contribution in [0.4, 0.5) is 37.1 Å². The van der Waals surface area contributed by atoms with Crippen LogP contribution in [-0.4, -0.2) is 44.2 Å². The average Bonchev–Trinajstić information content (AvgIpc) is 3.00. The maximum atomic E-state index is 12.7. The number of carbonyl (C=O) groups is 3. The smallest absolute Gasteiger partial charge is 0.411 e. The normalized spacial score (nSPS) is 11.8. The van der Waals surface area contributed by atoms with Crippen LogP contribution >= 0.6 is 0 Å². The zero-order valence-electron chi connectivity index (χ0n) is 26.5. The lowest BCUT2D eigenvalue weighted by Crippen LogP contribution is -2.37. The molecular formula is C34H40N4O7. The van der Waals surface area contributed by atoms with Crippen molar-refractivity contribution >= 4 is 47.1 Å². The van der Waals surface area contributed by atoms with Crippen LogP contribution in [0.2, 0.25) is 0 Å². The number of anilines is 3. The van der Waals surface area contributed by atoms with Gasteiger partial charge in [-0.1, -0.05) is 25.1 Å². The molecule has 0 bridgehead atoms. The fourth-order valence-electron chi connectivity index (χ4n) is 4.32. The molecule has 3 rings (SSSR count). The van der Waals surface area contributed by atoms with Gasteiger partial charge >= 0.3 is 18.3 Å². The Morgan fingerprint density at radius 2 is 1.11 bits per heavy atom. The highest BCUT2D eigenvalue weighted by Crippen LogP contribution is 2.29. The van der Waals surface area contributed by atoms with E-state index in [2.05, 4.69) is 20.9 Å². The molecule has 11 nitrogen and oxygen atoms in total. The molecule has 45 heavy (non-hydrogen) atoms. The quantitative estimate of drug-likeness (QED) is 0.106. The number of hydrogen-bond donors (Lipinski definition) is 3. The van der Waals surface area contributed by atoms with Gasteiger partial charge in [-0.2, -0.15) is 4.99 Å². The van der Waals surface area contributed by atoms with Crippen LogP contribution in [0.5, 0.6) is 0 Å². The maximum Gasteiger partial charge on any atom is 0.411 e. The standard InChI is InChI=1S/C34H40N4O7/c1-7-34(19-44-32(41)37-28-12-9-23(3)26(6)17-28,14-15-43-31(40)36-27-11-8-22(2)25(5)16-27)20-45-33(42)38-29-13-10-24(4)30(18-29)35-21-39/h8-13,16-18H,7,14-15,19-20H2,1-6H3,(H,36,40)(H,37,41)(H,38,42). The van der Waals surface area contributed by atoms with Crippen LogP contribution < -0.4 is 16.0 Å². The molecule has 1 atom stereocenters. The lowest BCUT2D eigenvalue weighted by molar-refractivity contribution is 0.0130. The van der Waals surface area contributed by atoms with E-state index in [4.69, 9.17) is 14.2 Å². The molecule has 0 heterocycles. The van der Waals surface area contributed by atoms with Crippen LogP contribution in [0.25, 0.3) is 0 Å². The fraction of sp³-hybridized carbons (Fsp3) is 0.353. The second-order valence-electron chi connectivity index (χ2n) is 11.1. The van der Waals surface area contributed by atoms with Gasteiger partial charge in [0, 0.05) is 22.5 Å². The lowest BCUT2D eigenvalue weighted by atomic mass is 9.83. The van der Waals surface area contributed by atoms with Gasteiger partial charge in [-0.25, -0.2) is 19.2 Å². The highest BCUT2D eigenvalue weighted by atomic mass is 16.6. The average molecular weight is 617 g/mol. The van der Waals surface area contributed by atoms with E-state index < -0.39 is 23.7 Å². The molecule has 0 spiro atoms. The van der Waals surface area contributed by atoms with E-state index in [1.54, 1.807) is 31.2 Å². The highest BCUT2D eigenvalue weighted by molar-refractivity contribution is 5.86. The van der Waals surface area contributed by atoms with Crippen LogP contribution in [0.1, 0.15) is 47.6 Å². The predicted octanol–water partition coefficient (Wildman–Crippen LogP) is 8.03. The number of nitrogens with zero attached hydrogens (tertiary/aromatic N) is 1. The van der Waals surface area contributed by atoms with Gasteiger partial charge in [0.15, 0.2) is 0 Å². The van der Waals surface area contributed by atoms with E-state index in [1.807, 2.05) is 58.9 Å². The number of ether oxygens (including phenoxy) is 3. The van der Waals surface area contributed by atoms with Crippen molar-refractivity contribution in [2.75, 3.05) is 35.8 Å². The van der Waals surface area contributed by atoms with Gasteiger partial charge in [0.1, 0.15) is 13.2 Å². The molecule has 1 unspecified atom stereocenters. The first-order valence-electron chi connectivity index (χ1n) is 14.6. The number of carbonyl (C=O) groups excluding carboxylic acids is 4. The Hall–Kier alpha value is -5.15. The van der Waals surface area contributed by atoms with Crippen molar-refractivity contribution in [1.82, 2.24) is 0 Å². The zero-order valence-corrected chi connectivity index (χ0v) is 26.5. The van der Waals surface area contributed by atoms with Crippen molar-refractivity contribution in [3.8, 4) is 0 Å². The Morgan fingerprint density at radius 1 is 0.667 bits per heavy atom. The Balaban J connectivity index is 1.66. The second kappa shape index (κ2) is 16.1. The number of aliphatic imine (C=N–C) groups is 1. The summed E-state index contributed by atoms with van der Waals surface area (Å²) in [6.07, 6.45) is 0.0928. The molecule has 0 aliphatic heterocycles. The molecule has 3 N–H and O–H groups in total. The van der Waals surface area contributed by atoms with Gasteiger partial charge in [-0.05, 0) is 112 Å². The first kappa shape index (κ1) is 34.3. The van der Waals surface area contributed by atoms with Gasteiger partial charge in [-0.3, -0.25) is 16.0 Å². The van der Waals surface area contributed by atoms with E-state index >= 15 is 0 Å². The molecule has 0 fully saturated rings. The monoisotopic (exact) mass is 616 g/mol. The molecule has 3 aromatic rings. The highest BCUT2D eigenvalue weighted by Gasteiger charge is 2.33. The number of benzene rings is 3. The fourth-order valence-corrected chi connectivity index (χ4v) is 4.32. The van der Waals surface area contributed by atoms with Crippen LogP contribution in [0, 0.1) is 40.0 Å². The van der Waals surface area contributed by atoms with Crippen LogP contribution in [-0.2, 0) is 19.0 Å². The van der Waals surface area contributed by atoms with E-state index in [0.29, 0.717) is 29.2 Å². The number of hydrogen-bond acceptors (Lipinski definition) is 8. The first-order chi connectivity index (χ1) is 21.4. The maximum absolute atomic E-state index is 12.7. The van der Waals surface area contributed by atoms with Gasteiger partial charge in [0.05, 0.1) is 12.3 Å². The van der Waals surface area contributed by atoms with Crippen LogP contribution in [0.15, 0.2) is 59.6 Å². The summed E-state index contributed by atoms with van der Waals surface area (Å²) in [5, 5.41) is 8.05. The summed E-state index contributed by atoms with van der Waals surface area (Å²) in [4.78, 5) is 52.3. The Kier molecular flexibility index (Phi) is 12.3. The third-order valence-electron chi connectivity index (χ3n) is 7.76. The van der Waals surface area contributed by atoms with Gasteiger partial charge in [0.2, 0.25) is 6.08 Å². The largest absolute Gasteiger partial charge is 0.449 e. The molecule has 0 saturated heterocycles. The van der Waals surface area contributed by atoms with Gasteiger partial charge in [0.25, 0.3) is 0 Å². The molecule has 3 aromatic carbocycles. The van der Waals surface area contributed by atoms with E-state index in [0.717, 1.165) is 27.8 Å². The van der Waals surface area contributed by atoms with Crippen molar-refractivity contribution in [3.05, 3.63) is 82.4 Å². The molecule has 0 aromatic heterocycles. The minimum absolute atomic E-state index is 0.0251. The first-order valence-corrected chi connectivity index (χ1v) is 14.6. The summed E-state index contributed by atoms with van der Waals surface area (Å²) in [7, 11) is 0. The number of rotatable bonds is 12. The summed E-state index contributed by atoms with van der Waals surface area (Å²) in [6.45, 7) is 11.2. The Labute approximate surface area is 263 Å². The molecule has 0 saturated carbocycles. The predicted molar refractivity (Wildman–Crippen MR) is 173 cm³/mol. The van der Waals surface area contributed by atoms with E-state index in [1.165, 1.54) is 12.1 Å². The van der Waals surface area contributed by atoms with Gasteiger partial charge in [-0.15, -0.1) is 0 Å². The second-order valence-corrected chi connectivity index (χ2v) is 11.1. The number of amides is 3.